The fourth-order valence-corrected chi connectivity index (χ4v) is 5.34. The number of benzene rings is 1. The number of rotatable bonds is 7. The molecule has 2 fully saturated rings. The molecule has 0 aliphatic carbocycles. The molecule has 5 N–H and O–H groups in total. The lowest BCUT2D eigenvalue weighted by Crippen LogP contribution is -2.50. The molecule has 2 amide bonds. The van der Waals surface area contributed by atoms with E-state index in [-0.39, 0.29) is 29.2 Å². The monoisotopic (exact) mass is 464 g/mol. The molecule has 32 heavy (non-hydrogen) atoms. The lowest BCUT2D eigenvalue weighted by atomic mass is 9.97. The molecule has 2 heterocycles. The van der Waals surface area contributed by atoms with Crippen molar-refractivity contribution in [1.29, 1.82) is 5.41 Å². The number of piperidine rings is 1. The minimum absolute atomic E-state index is 0.0737. The van der Waals surface area contributed by atoms with Gasteiger partial charge in [0.25, 0.3) is 0 Å². The van der Waals surface area contributed by atoms with Crippen LogP contribution in [-0.2, 0) is 19.6 Å². The SMILES string of the molecule is N=C(N)N1CCC(CNC(=O)CN2CCCC[C@H](NS(=O)(=O)c3ccccc3)C2=O)CC1. The van der Waals surface area contributed by atoms with E-state index in [1.165, 1.54) is 17.0 Å². The number of nitrogens with one attached hydrogen (secondary N) is 3. The smallest absolute Gasteiger partial charge is 0.241 e. The summed E-state index contributed by atoms with van der Waals surface area (Å²) < 4.78 is 27.8. The molecule has 1 atom stereocenters. The van der Waals surface area contributed by atoms with Crippen LogP contribution in [0.1, 0.15) is 32.1 Å². The molecule has 10 nitrogen and oxygen atoms in total. The van der Waals surface area contributed by atoms with Gasteiger partial charge in [-0.1, -0.05) is 18.2 Å². The van der Waals surface area contributed by atoms with Crippen LogP contribution in [0.4, 0.5) is 0 Å². The normalized spacial score (nSPS) is 20.6. The quantitative estimate of drug-likeness (QED) is 0.331. The van der Waals surface area contributed by atoms with Gasteiger partial charge in [0, 0.05) is 26.2 Å². The molecular formula is C21H32N6O4S. The van der Waals surface area contributed by atoms with Crippen LogP contribution in [0.2, 0.25) is 0 Å². The Morgan fingerprint density at radius 3 is 2.44 bits per heavy atom. The zero-order valence-electron chi connectivity index (χ0n) is 18.1. The predicted octanol–water partition coefficient (Wildman–Crippen LogP) is 0.0677. The van der Waals surface area contributed by atoms with Gasteiger partial charge >= 0.3 is 0 Å². The van der Waals surface area contributed by atoms with Crippen molar-refractivity contribution in [3.05, 3.63) is 30.3 Å². The number of likely N-dealkylation sites (tertiary alicyclic amines) is 2. The van der Waals surface area contributed by atoms with Gasteiger partial charge in [0.05, 0.1) is 11.4 Å². The summed E-state index contributed by atoms with van der Waals surface area (Å²) in [6.07, 6.45) is 3.49. The number of hydrogen-bond acceptors (Lipinski definition) is 5. The molecular weight excluding hydrogens is 432 g/mol. The summed E-state index contributed by atoms with van der Waals surface area (Å²) in [5.41, 5.74) is 5.51. The van der Waals surface area contributed by atoms with E-state index >= 15 is 0 Å². The van der Waals surface area contributed by atoms with Gasteiger partial charge in [-0.25, -0.2) is 8.42 Å². The highest BCUT2D eigenvalue weighted by molar-refractivity contribution is 7.89. The molecule has 2 aliphatic rings. The van der Waals surface area contributed by atoms with Crippen LogP contribution in [0.3, 0.4) is 0 Å². The van der Waals surface area contributed by atoms with E-state index in [0.717, 1.165) is 12.8 Å². The van der Waals surface area contributed by atoms with Gasteiger partial charge < -0.3 is 20.9 Å². The Morgan fingerprint density at radius 1 is 1.09 bits per heavy atom. The molecule has 1 aromatic rings. The van der Waals surface area contributed by atoms with E-state index in [2.05, 4.69) is 10.0 Å². The molecule has 3 rings (SSSR count). The van der Waals surface area contributed by atoms with Gasteiger partial charge in [-0.15, -0.1) is 0 Å². The molecule has 0 aromatic heterocycles. The summed E-state index contributed by atoms with van der Waals surface area (Å²) in [7, 11) is -3.82. The molecule has 176 valence electrons. The number of guanidine groups is 1. The molecule has 0 saturated carbocycles. The zero-order chi connectivity index (χ0) is 23.1. The first-order chi connectivity index (χ1) is 15.3. The summed E-state index contributed by atoms with van der Waals surface area (Å²) in [4.78, 5) is 28.8. The molecule has 0 radical (unpaired) electrons. The molecule has 2 aliphatic heterocycles. The first-order valence-corrected chi connectivity index (χ1v) is 12.5. The lowest BCUT2D eigenvalue weighted by molar-refractivity contribution is -0.137. The van der Waals surface area contributed by atoms with Crippen molar-refractivity contribution in [3.63, 3.8) is 0 Å². The average Bonchev–Trinajstić information content (AvgIpc) is 2.94. The lowest BCUT2D eigenvalue weighted by Gasteiger charge is -2.32. The fraction of sp³-hybridized carbons (Fsp3) is 0.571. The molecule has 1 aromatic carbocycles. The van der Waals surface area contributed by atoms with Gasteiger partial charge in [0.1, 0.15) is 6.04 Å². The molecule has 11 heteroatoms. The topological polar surface area (TPSA) is 149 Å². The van der Waals surface area contributed by atoms with Crippen LogP contribution in [0.5, 0.6) is 0 Å². The largest absolute Gasteiger partial charge is 0.370 e. The van der Waals surface area contributed by atoms with Crippen LogP contribution in [0.25, 0.3) is 0 Å². The summed E-state index contributed by atoms with van der Waals surface area (Å²) >= 11 is 0. The Hall–Kier alpha value is -2.66. The standard InChI is InChI=1S/C21H32N6O4S/c22-21(23)26-12-9-16(10-13-26)14-24-19(28)15-27-11-5-4-8-18(20(27)29)25-32(30,31)17-6-2-1-3-7-17/h1-3,6-7,16,18,25H,4-5,8-15H2,(H3,22,23)(H,24,28)/t18-/m0/s1. The van der Waals surface area contributed by atoms with Crippen LogP contribution >= 0.6 is 0 Å². The Kier molecular flexibility index (Phi) is 8.08. The van der Waals surface area contributed by atoms with E-state index < -0.39 is 16.1 Å². The Morgan fingerprint density at radius 2 is 1.78 bits per heavy atom. The van der Waals surface area contributed by atoms with Crippen LogP contribution in [0, 0.1) is 11.3 Å². The van der Waals surface area contributed by atoms with Crippen LogP contribution < -0.4 is 15.8 Å². The maximum atomic E-state index is 13.0. The van der Waals surface area contributed by atoms with Crippen molar-refractivity contribution in [3.8, 4) is 0 Å². The van der Waals surface area contributed by atoms with Crippen molar-refractivity contribution in [1.82, 2.24) is 19.8 Å². The second kappa shape index (κ2) is 10.8. The zero-order valence-corrected chi connectivity index (χ0v) is 18.9. The van der Waals surface area contributed by atoms with Crippen molar-refractivity contribution >= 4 is 27.8 Å². The molecule has 0 spiro atoms. The van der Waals surface area contributed by atoms with E-state index in [9.17, 15) is 18.0 Å². The second-order valence-corrected chi connectivity index (χ2v) is 10.1. The van der Waals surface area contributed by atoms with Gasteiger partial charge in [-0.05, 0) is 50.2 Å². The number of nitrogens with zero attached hydrogens (tertiary/aromatic N) is 2. The maximum Gasteiger partial charge on any atom is 0.241 e. The third-order valence-corrected chi connectivity index (χ3v) is 7.50. The number of hydrogen-bond donors (Lipinski definition) is 4. The highest BCUT2D eigenvalue weighted by atomic mass is 32.2. The van der Waals surface area contributed by atoms with Crippen LogP contribution in [0.15, 0.2) is 35.2 Å². The highest BCUT2D eigenvalue weighted by Gasteiger charge is 2.32. The number of amides is 2. The van der Waals surface area contributed by atoms with E-state index in [4.69, 9.17) is 11.1 Å². The Bertz CT molecular complexity index is 915. The van der Waals surface area contributed by atoms with Gasteiger partial charge in [0.2, 0.25) is 21.8 Å². The summed E-state index contributed by atoms with van der Waals surface area (Å²) in [5, 5.41) is 10.4. The van der Waals surface area contributed by atoms with Gasteiger partial charge in [-0.2, -0.15) is 4.72 Å². The number of sulfonamides is 1. The highest BCUT2D eigenvalue weighted by Crippen LogP contribution is 2.17. The van der Waals surface area contributed by atoms with Crippen molar-refractivity contribution in [2.45, 2.75) is 43.0 Å². The third kappa shape index (κ3) is 6.42. The minimum atomic E-state index is -3.82. The van der Waals surface area contributed by atoms with Gasteiger partial charge in [-0.3, -0.25) is 15.0 Å². The number of carbonyl (C=O) groups excluding carboxylic acids is 2. The van der Waals surface area contributed by atoms with E-state index in [1.54, 1.807) is 18.2 Å². The Balaban J connectivity index is 1.52. The van der Waals surface area contributed by atoms with Crippen molar-refractivity contribution in [2.75, 3.05) is 32.7 Å². The van der Waals surface area contributed by atoms with E-state index in [0.29, 0.717) is 51.4 Å². The minimum Gasteiger partial charge on any atom is -0.370 e. The third-order valence-electron chi connectivity index (χ3n) is 6.01. The van der Waals surface area contributed by atoms with Gasteiger partial charge in [0.15, 0.2) is 5.96 Å². The van der Waals surface area contributed by atoms with E-state index in [1.807, 2.05) is 4.90 Å². The molecule has 2 saturated heterocycles. The van der Waals surface area contributed by atoms with Crippen LogP contribution in [-0.4, -0.2) is 74.8 Å². The fourth-order valence-electron chi connectivity index (χ4n) is 4.09. The predicted molar refractivity (Wildman–Crippen MR) is 120 cm³/mol. The first-order valence-electron chi connectivity index (χ1n) is 11.0. The Labute approximate surface area is 189 Å². The molecule has 0 bridgehead atoms. The van der Waals surface area contributed by atoms with Crippen molar-refractivity contribution < 1.29 is 18.0 Å². The second-order valence-electron chi connectivity index (χ2n) is 8.36. The summed E-state index contributed by atoms with van der Waals surface area (Å²) in [5.74, 6) is -0.241. The summed E-state index contributed by atoms with van der Waals surface area (Å²) in [6.45, 7) is 2.24. The maximum absolute atomic E-state index is 13.0. The number of nitrogens with two attached hydrogens (primary N) is 1. The first kappa shape index (κ1) is 24.0. The number of carbonyl (C=O) groups is 2. The van der Waals surface area contributed by atoms with Crippen molar-refractivity contribution in [2.24, 2.45) is 11.7 Å². The summed E-state index contributed by atoms with van der Waals surface area (Å²) in [6, 6.07) is 7.06. The average molecular weight is 465 g/mol. The molecule has 0 unspecified atom stereocenters.